The molecule has 2 rings (SSSR count). The molecule has 0 fully saturated rings. The second-order valence-corrected chi connectivity index (χ2v) is 5.63. The first-order valence-electron chi connectivity index (χ1n) is 6.19. The van der Waals surface area contributed by atoms with Gasteiger partial charge in [0.15, 0.2) is 0 Å². The first-order valence-corrected chi connectivity index (χ1v) is 6.19. The van der Waals surface area contributed by atoms with Gasteiger partial charge in [0.25, 0.3) is 0 Å². The number of benzene rings is 1. The molecule has 2 aromatic rings. The van der Waals surface area contributed by atoms with Crippen LogP contribution in [0.2, 0.25) is 0 Å². The molecule has 0 aliphatic carbocycles. The topological polar surface area (TPSA) is 25.2 Å². The van der Waals surface area contributed by atoms with Crippen molar-refractivity contribution in [2.75, 3.05) is 6.54 Å². The zero-order valence-corrected chi connectivity index (χ0v) is 11.1. The summed E-state index contributed by atoms with van der Waals surface area (Å²) in [6.45, 7) is 9.56. The summed E-state index contributed by atoms with van der Waals surface area (Å²) in [6.07, 6.45) is 0.936. The number of hydrogen-bond acceptors (Lipinski definition) is 2. The number of furan rings is 1. The molecule has 0 aliphatic rings. The highest BCUT2D eigenvalue weighted by Gasteiger charge is 2.09. The Hall–Kier alpha value is -1.28. The number of hydrogen-bond donors (Lipinski definition) is 1. The Morgan fingerprint density at radius 3 is 2.65 bits per heavy atom. The molecule has 1 N–H and O–H groups in total. The van der Waals surface area contributed by atoms with Crippen LogP contribution in [0.5, 0.6) is 0 Å². The molecule has 2 heteroatoms. The summed E-state index contributed by atoms with van der Waals surface area (Å²) in [5, 5.41) is 4.67. The molecule has 1 aromatic heterocycles. The van der Waals surface area contributed by atoms with E-state index in [1.807, 2.05) is 0 Å². The Morgan fingerprint density at radius 2 is 2.00 bits per heavy atom. The highest BCUT2D eigenvalue weighted by molar-refractivity contribution is 5.80. The van der Waals surface area contributed by atoms with Gasteiger partial charge < -0.3 is 9.73 Å². The van der Waals surface area contributed by atoms with Crippen molar-refractivity contribution < 1.29 is 4.42 Å². The molecule has 1 aromatic carbocycles. The SMILES string of the molecule is Cc1cccc2cc(CCNC(C)(C)C)oc12. The first-order chi connectivity index (χ1) is 7.96. The van der Waals surface area contributed by atoms with Gasteiger partial charge in [0, 0.05) is 23.9 Å². The lowest BCUT2D eigenvalue weighted by molar-refractivity contribution is 0.418. The number of aryl methyl sites for hydroxylation is 1. The molecular weight excluding hydrogens is 210 g/mol. The third kappa shape index (κ3) is 3.10. The fraction of sp³-hybridized carbons (Fsp3) is 0.467. The monoisotopic (exact) mass is 231 g/mol. The lowest BCUT2D eigenvalue weighted by atomic mass is 10.1. The lowest BCUT2D eigenvalue weighted by Crippen LogP contribution is -2.37. The van der Waals surface area contributed by atoms with Crippen molar-refractivity contribution in [3.05, 3.63) is 35.6 Å². The third-order valence-electron chi connectivity index (χ3n) is 2.82. The van der Waals surface area contributed by atoms with Gasteiger partial charge in [-0.25, -0.2) is 0 Å². The fourth-order valence-corrected chi connectivity index (χ4v) is 1.95. The van der Waals surface area contributed by atoms with Crippen LogP contribution in [0.15, 0.2) is 28.7 Å². The van der Waals surface area contributed by atoms with Crippen molar-refractivity contribution in [1.29, 1.82) is 0 Å². The Morgan fingerprint density at radius 1 is 1.24 bits per heavy atom. The van der Waals surface area contributed by atoms with Crippen LogP contribution in [0, 0.1) is 6.92 Å². The van der Waals surface area contributed by atoms with E-state index in [1.165, 1.54) is 10.9 Å². The van der Waals surface area contributed by atoms with Gasteiger partial charge >= 0.3 is 0 Å². The minimum Gasteiger partial charge on any atom is -0.461 e. The minimum atomic E-state index is 0.169. The van der Waals surface area contributed by atoms with E-state index in [0.29, 0.717) is 0 Å². The van der Waals surface area contributed by atoms with Gasteiger partial charge in [-0.05, 0) is 39.3 Å². The van der Waals surface area contributed by atoms with E-state index < -0.39 is 0 Å². The summed E-state index contributed by atoms with van der Waals surface area (Å²) in [7, 11) is 0. The standard InChI is InChI=1S/C15H21NO/c1-11-6-5-7-12-10-13(17-14(11)12)8-9-16-15(2,3)4/h5-7,10,16H,8-9H2,1-4H3. The van der Waals surface area contributed by atoms with Crippen molar-refractivity contribution >= 4 is 11.0 Å². The van der Waals surface area contributed by atoms with E-state index in [2.05, 4.69) is 57.3 Å². The van der Waals surface area contributed by atoms with Crippen molar-refractivity contribution in [3.8, 4) is 0 Å². The summed E-state index contributed by atoms with van der Waals surface area (Å²) in [5.41, 5.74) is 2.40. The molecular formula is C15H21NO. The Labute approximate surface area is 103 Å². The molecule has 2 nitrogen and oxygen atoms in total. The molecule has 0 saturated heterocycles. The van der Waals surface area contributed by atoms with Gasteiger partial charge in [-0.2, -0.15) is 0 Å². The average Bonchev–Trinajstić information content (AvgIpc) is 2.60. The maximum Gasteiger partial charge on any atom is 0.137 e. The lowest BCUT2D eigenvalue weighted by Gasteiger charge is -2.19. The fourth-order valence-electron chi connectivity index (χ4n) is 1.95. The van der Waals surface area contributed by atoms with Crippen molar-refractivity contribution in [2.24, 2.45) is 0 Å². The van der Waals surface area contributed by atoms with Crippen LogP contribution < -0.4 is 5.32 Å². The van der Waals surface area contributed by atoms with Gasteiger partial charge in [0.1, 0.15) is 11.3 Å². The van der Waals surface area contributed by atoms with Crippen LogP contribution in [-0.2, 0) is 6.42 Å². The van der Waals surface area contributed by atoms with E-state index in [0.717, 1.165) is 24.3 Å². The zero-order chi connectivity index (χ0) is 12.5. The largest absolute Gasteiger partial charge is 0.461 e. The summed E-state index contributed by atoms with van der Waals surface area (Å²) < 4.78 is 5.87. The Balaban J connectivity index is 2.07. The normalized spacial score (nSPS) is 12.2. The Kier molecular flexibility index (Phi) is 3.25. The highest BCUT2D eigenvalue weighted by Crippen LogP contribution is 2.22. The number of rotatable bonds is 3. The summed E-state index contributed by atoms with van der Waals surface area (Å²) in [6, 6.07) is 8.41. The van der Waals surface area contributed by atoms with Gasteiger partial charge in [-0.3, -0.25) is 0 Å². The van der Waals surface area contributed by atoms with Gasteiger partial charge in [-0.15, -0.1) is 0 Å². The smallest absolute Gasteiger partial charge is 0.137 e. The van der Waals surface area contributed by atoms with Crippen LogP contribution in [0.25, 0.3) is 11.0 Å². The quantitative estimate of drug-likeness (QED) is 0.872. The van der Waals surface area contributed by atoms with Crippen molar-refractivity contribution in [1.82, 2.24) is 5.32 Å². The van der Waals surface area contributed by atoms with E-state index in [9.17, 15) is 0 Å². The molecule has 0 saturated carbocycles. The first kappa shape index (κ1) is 12.2. The van der Waals surface area contributed by atoms with E-state index >= 15 is 0 Å². The average molecular weight is 231 g/mol. The zero-order valence-electron chi connectivity index (χ0n) is 11.1. The van der Waals surface area contributed by atoms with Gasteiger partial charge in [-0.1, -0.05) is 18.2 Å². The molecule has 0 atom stereocenters. The van der Waals surface area contributed by atoms with E-state index in [4.69, 9.17) is 4.42 Å². The van der Waals surface area contributed by atoms with Gasteiger partial charge in [0.05, 0.1) is 0 Å². The second kappa shape index (κ2) is 4.53. The van der Waals surface area contributed by atoms with E-state index in [1.54, 1.807) is 0 Å². The van der Waals surface area contributed by atoms with Crippen LogP contribution >= 0.6 is 0 Å². The highest BCUT2D eigenvalue weighted by atomic mass is 16.3. The summed E-state index contributed by atoms with van der Waals surface area (Å²) >= 11 is 0. The van der Waals surface area contributed by atoms with Crippen molar-refractivity contribution in [3.63, 3.8) is 0 Å². The van der Waals surface area contributed by atoms with Crippen molar-refractivity contribution in [2.45, 2.75) is 39.7 Å². The molecule has 1 heterocycles. The number of para-hydroxylation sites is 1. The molecule has 0 unspecified atom stereocenters. The van der Waals surface area contributed by atoms with Crippen LogP contribution in [0.1, 0.15) is 32.1 Å². The Bertz CT molecular complexity index is 505. The molecule has 17 heavy (non-hydrogen) atoms. The maximum absolute atomic E-state index is 5.87. The van der Waals surface area contributed by atoms with Crippen LogP contribution in [0.3, 0.4) is 0 Å². The number of fused-ring (bicyclic) bond motifs is 1. The van der Waals surface area contributed by atoms with Gasteiger partial charge in [0.2, 0.25) is 0 Å². The predicted octanol–water partition coefficient (Wildman–Crippen LogP) is 3.67. The van der Waals surface area contributed by atoms with Crippen LogP contribution in [0.4, 0.5) is 0 Å². The minimum absolute atomic E-state index is 0.169. The molecule has 0 amide bonds. The summed E-state index contributed by atoms with van der Waals surface area (Å²) in [4.78, 5) is 0. The second-order valence-electron chi connectivity index (χ2n) is 5.63. The maximum atomic E-state index is 5.87. The number of nitrogens with one attached hydrogen (secondary N) is 1. The molecule has 0 aliphatic heterocycles. The third-order valence-corrected chi connectivity index (χ3v) is 2.82. The van der Waals surface area contributed by atoms with E-state index in [-0.39, 0.29) is 5.54 Å². The molecule has 0 radical (unpaired) electrons. The predicted molar refractivity (Wildman–Crippen MR) is 72.4 cm³/mol. The molecule has 0 spiro atoms. The van der Waals surface area contributed by atoms with Crippen LogP contribution in [-0.4, -0.2) is 12.1 Å². The molecule has 92 valence electrons. The molecule has 0 bridgehead atoms. The summed E-state index contributed by atoms with van der Waals surface area (Å²) in [5.74, 6) is 1.06.